The first-order chi connectivity index (χ1) is 15.8. The number of benzene rings is 1. The largest absolute Gasteiger partial charge is 0.411 e. The number of nitrogens with one attached hydrogen (secondary N) is 1. The smallest absolute Gasteiger partial charge is 0.295 e. The van der Waals surface area contributed by atoms with Gasteiger partial charge in [-0.3, -0.25) is 19.4 Å². The van der Waals surface area contributed by atoms with E-state index in [9.17, 15) is 18.8 Å². The summed E-state index contributed by atoms with van der Waals surface area (Å²) >= 11 is 0. The van der Waals surface area contributed by atoms with Crippen molar-refractivity contribution in [2.75, 3.05) is 19.6 Å². The Morgan fingerprint density at radius 3 is 2.64 bits per heavy atom. The molecule has 1 atom stereocenters. The van der Waals surface area contributed by atoms with Crippen molar-refractivity contribution in [1.29, 1.82) is 0 Å². The molecule has 170 valence electrons. The molecular weight excluding hydrogens is 429 g/mol. The molecule has 33 heavy (non-hydrogen) atoms. The fraction of sp³-hybridized carbons (Fsp3) is 0.261. The Morgan fingerprint density at radius 1 is 1.18 bits per heavy atom. The summed E-state index contributed by atoms with van der Waals surface area (Å²) in [6, 6.07) is 7.23. The number of carbonyl (C=O) groups excluding carboxylic acids is 3. The van der Waals surface area contributed by atoms with Crippen LogP contribution >= 0.6 is 0 Å². The van der Waals surface area contributed by atoms with Gasteiger partial charge in [-0.05, 0) is 38.1 Å². The number of aromatic amines is 1. The van der Waals surface area contributed by atoms with Crippen molar-refractivity contribution in [3.63, 3.8) is 0 Å². The Bertz CT molecular complexity index is 1270. The Labute approximate surface area is 188 Å². The van der Waals surface area contributed by atoms with Gasteiger partial charge in [-0.1, -0.05) is 11.2 Å². The Morgan fingerprint density at radius 2 is 1.97 bits per heavy atom. The van der Waals surface area contributed by atoms with Gasteiger partial charge in [-0.2, -0.15) is 0 Å². The highest BCUT2D eigenvalue weighted by Crippen LogP contribution is 2.27. The zero-order valence-electron chi connectivity index (χ0n) is 18.1. The molecule has 1 fully saturated rings. The number of aromatic nitrogens is 2. The van der Waals surface area contributed by atoms with Crippen molar-refractivity contribution in [2.45, 2.75) is 19.9 Å². The van der Waals surface area contributed by atoms with Gasteiger partial charge in [0.25, 0.3) is 17.6 Å². The van der Waals surface area contributed by atoms with Crippen LogP contribution in [0.1, 0.15) is 40.3 Å². The molecule has 2 amide bonds. The van der Waals surface area contributed by atoms with Gasteiger partial charge in [0.1, 0.15) is 11.5 Å². The minimum Gasteiger partial charge on any atom is -0.411 e. The van der Waals surface area contributed by atoms with Crippen LogP contribution < -0.4 is 0 Å². The molecule has 10 heteroatoms. The quantitative estimate of drug-likeness (QED) is 0.208. The van der Waals surface area contributed by atoms with Gasteiger partial charge < -0.3 is 20.0 Å². The van der Waals surface area contributed by atoms with Gasteiger partial charge in [0.05, 0.1) is 16.8 Å². The van der Waals surface area contributed by atoms with E-state index in [1.165, 1.54) is 30.3 Å². The van der Waals surface area contributed by atoms with Gasteiger partial charge in [0.2, 0.25) is 0 Å². The lowest BCUT2D eigenvalue weighted by atomic mass is 10.0. The maximum atomic E-state index is 14.6. The highest BCUT2D eigenvalue weighted by atomic mass is 19.1. The number of Topliss-reactive ketones (excluding diaryl/α,β-unsaturated/α-hetero) is 1. The summed E-state index contributed by atoms with van der Waals surface area (Å²) in [5.74, 6) is -2.54. The lowest BCUT2D eigenvalue weighted by molar-refractivity contribution is -0.130. The SMILES string of the molecule is C/C(=N\O)c1ccc(F)c2c(C(=O)C(=O)N3CCN(C(=O)c4ccccn4)C[C@H]3C)c[nH]c12. The second-order valence-corrected chi connectivity index (χ2v) is 7.88. The fourth-order valence-electron chi connectivity index (χ4n) is 4.08. The number of oxime groups is 1. The molecule has 0 unspecified atom stereocenters. The molecule has 0 radical (unpaired) electrons. The summed E-state index contributed by atoms with van der Waals surface area (Å²) in [5.41, 5.74) is 1.12. The lowest BCUT2D eigenvalue weighted by Crippen LogP contribution is -2.56. The number of halogens is 1. The topological polar surface area (TPSA) is 119 Å². The minimum atomic E-state index is -0.854. The highest BCUT2D eigenvalue weighted by Gasteiger charge is 2.35. The van der Waals surface area contributed by atoms with Crippen LogP contribution in [-0.2, 0) is 4.79 Å². The first-order valence-electron chi connectivity index (χ1n) is 10.4. The summed E-state index contributed by atoms with van der Waals surface area (Å²) in [4.78, 5) is 48.6. The summed E-state index contributed by atoms with van der Waals surface area (Å²) in [7, 11) is 0. The molecule has 2 aromatic heterocycles. The monoisotopic (exact) mass is 451 g/mol. The van der Waals surface area contributed by atoms with Crippen LogP contribution in [0.5, 0.6) is 0 Å². The van der Waals surface area contributed by atoms with Crippen LogP contribution in [-0.4, -0.2) is 74.0 Å². The van der Waals surface area contributed by atoms with E-state index in [2.05, 4.69) is 15.1 Å². The third kappa shape index (κ3) is 3.95. The molecular formula is C23H22FN5O4. The van der Waals surface area contributed by atoms with Crippen molar-refractivity contribution in [2.24, 2.45) is 5.16 Å². The van der Waals surface area contributed by atoms with Gasteiger partial charge in [-0.15, -0.1) is 0 Å². The Kier molecular flexibility index (Phi) is 5.91. The van der Waals surface area contributed by atoms with E-state index >= 15 is 0 Å². The second-order valence-electron chi connectivity index (χ2n) is 7.88. The second kappa shape index (κ2) is 8.81. The zero-order chi connectivity index (χ0) is 23.7. The summed E-state index contributed by atoms with van der Waals surface area (Å²) in [6.45, 7) is 3.94. The molecule has 1 aromatic carbocycles. The van der Waals surface area contributed by atoms with Crippen LogP contribution in [0.25, 0.3) is 10.9 Å². The highest BCUT2D eigenvalue weighted by molar-refractivity contribution is 6.45. The van der Waals surface area contributed by atoms with Crippen molar-refractivity contribution >= 4 is 34.2 Å². The number of nitrogens with zero attached hydrogens (tertiary/aromatic N) is 4. The normalized spacial score (nSPS) is 16.8. The maximum absolute atomic E-state index is 14.6. The molecule has 1 saturated heterocycles. The Balaban J connectivity index is 1.55. The van der Waals surface area contributed by atoms with Crippen LogP contribution in [0.4, 0.5) is 4.39 Å². The number of carbonyl (C=O) groups is 3. The van der Waals surface area contributed by atoms with Crippen LogP contribution in [0.15, 0.2) is 47.9 Å². The molecule has 1 aliphatic heterocycles. The number of fused-ring (bicyclic) bond motifs is 1. The molecule has 3 aromatic rings. The summed E-state index contributed by atoms with van der Waals surface area (Å²) < 4.78 is 14.6. The maximum Gasteiger partial charge on any atom is 0.295 e. The number of H-pyrrole nitrogens is 1. The summed E-state index contributed by atoms with van der Waals surface area (Å²) in [6.07, 6.45) is 2.82. The third-order valence-corrected chi connectivity index (χ3v) is 5.82. The van der Waals surface area contributed by atoms with Crippen molar-refractivity contribution in [1.82, 2.24) is 19.8 Å². The number of hydrogen-bond acceptors (Lipinski definition) is 6. The number of amides is 2. The van der Waals surface area contributed by atoms with Crippen LogP contribution in [0, 0.1) is 5.82 Å². The molecule has 2 N–H and O–H groups in total. The first-order valence-corrected chi connectivity index (χ1v) is 10.4. The molecule has 0 saturated carbocycles. The van der Waals surface area contributed by atoms with Crippen molar-refractivity contribution in [3.8, 4) is 0 Å². The first kappa shape index (κ1) is 22.1. The molecule has 9 nitrogen and oxygen atoms in total. The Hall–Kier alpha value is -4.08. The number of rotatable bonds is 4. The van der Waals surface area contributed by atoms with Crippen molar-refractivity contribution < 1.29 is 24.0 Å². The molecule has 0 spiro atoms. The van der Waals surface area contributed by atoms with E-state index in [-0.39, 0.29) is 47.7 Å². The van der Waals surface area contributed by atoms with E-state index < -0.39 is 23.5 Å². The average molecular weight is 451 g/mol. The minimum absolute atomic E-state index is 0.0366. The van der Waals surface area contributed by atoms with Gasteiger partial charge >= 0.3 is 0 Å². The zero-order valence-corrected chi connectivity index (χ0v) is 18.1. The van der Waals surface area contributed by atoms with E-state index in [4.69, 9.17) is 5.21 Å². The molecule has 4 rings (SSSR count). The number of piperazine rings is 1. The van der Waals surface area contributed by atoms with Gasteiger partial charge in [0, 0.05) is 49.0 Å². The molecule has 1 aliphatic rings. The van der Waals surface area contributed by atoms with Crippen molar-refractivity contribution in [3.05, 3.63) is 65.4 Å². The average Bonchev–Trinajstić information content (AvgIpc) is 3.29. The number of pyridine rings is 1. The third-order valence-electron chi connectivity index (χ3n) is 5.82. The van der Waals surface area contributed by atoms with Gasteiger partial charge in [-0.25, -0.2) is 4.39 Å². The number of hydrogen-bond donors (Lipinski definition) is 2. The van der Waals surface area contributed by atoms with E-state index in [1.54, 1.807) is 30.0 Å². The van der Waals surface area contributed by atoms with E-state index in [0.717, 1.165) is 6.07 Å². The molecule has 0 bridgehead atoms. The van der Waals surface area contributed by atoms with Gasteiger partial charge in [0.15, 0.2) is 0 Å². The summed E-state index contributed by atoms with van der Waals surface area (Å²) in [5, 5.41) is 12.2. The standard InChI is InChI=1S/C23H22FN5O4/c1-13-12-28(22(31)18-5-3-4-8-25-18)9-10-29(13)23(32)21(30)16-11-26-20-15(14(2)27-33)6-7-17(24)19(16)20/h3-8,11,13,26,33H,9-10,12H2,1-2H3/b27-14+/t13-/m1/s1. The van der Waals surface area contributed by atoms with E-state index in [1.807, 2.05) is 0 Å². The van der Waals surface area contributed by atoms with Crippen LogP contribution in [0.2, 0.25) is 0 Å². The predicted octanol–water partition coefficient (Wildman–Crippen LogP) is 2.46. The lowest BCUT2D eigenvalue weighted by Gasteiger charge is -2.39. The van der Waals surface area contributed by atoms with E-state index in [0.29, 0.717) is 11.3 Å². The predicted molar refractivity (Wildman–Crippen MR) is 118 cm³/mol. The molecule has 0 aliphatic carbocycles. The van der Waals surface area contributed by atoms with Crippen LogP contribution in [0.3, 0.4) is 0 Å². The molecule has 3 heterocycles. The number of ketones is 1. The fourth-order valence-corrected chi connectivity index (χ4v) is 4.08.